The molecule has 0 heterocycles. The number of halogens is 3. The van der Waals surface area contributed by atoms with Gasteiger partial charge in [0.05, 0.1) is 12.2 Å². The molecular formula is C14H16F3NO2. The number of hydrogen-bond acceptors (Lipinski definition) is 2. The summed E-state index contributed by atoms with van der Waals surface area (Å²) in [6, 6.07) is 3.96. The highest BCUT2D eigenvalue weighted by Crippen LogP contribution is 2.29. The van der Waals surface area contributed by atoms with Crippen LogP contribution in [0.2, 0.25) is 0 Å². The second kappa shape index (κ2) is 7.07. The number of hydrogen-bond donors (Lipinski definition) is 0. The zero-order valence-electron chi connectivity index (χ0n) is 11.3. The third kappa shape index (κ3) is 4.68. The van der Waals surface area contributed by atoms with E-state index in [4.69, 9.17) is 4.74 Å². The molecule has 6 heteroatoms. The fourth-order valence-corrected chi connectivity index (χ4v) is 1.52. The number of alkyl halides is 3. The standard InChI is InChI=1S/C14H16F3NO2/c1-3-5-12(20-4-2)18-13(19)10-6-8-11(9-7-10)14(15,16)17/h6-9H,3-5H2,1-2H3. The first-order valence-electron chi connectivity index (χ1n) is 6.30. The Labute approximate surface area is 115 Å². The van der Waals surface area contributed by atoms with E-state index in [-0.39, 0.29) is 5.56 Å². The minimum Gasteiger partial charge on any atom is -0.481 e. The summed E-state index contributed by atoms with van der Waals surface area (Å²) in [6.45, 7) is 4.07. The molecule has 0 saturated carbocycles. The lowest BCUT2D eigenvalue weighted by atomic mass is 10.1. The van der Waals surface area contributed by atoms with Gasteiger partial charge >= 0.3 is 6.18 Å². The van der Waals surface area contributed by atoms with Crippen molar-refractivity contribution in [1.82, 2.24) is 0 Å². The van der Waals surface area contributed by atoms with Gasteiger partial charge in [-0.2, -0.15) is 18.2 Å². The van der Waals surface area contributed by atoms with Crippen LogP contribution in [0, 0.1) is 0 Å². The van der Waals surface area contributed by atoms with Crippen molar-refractivity contribution in [2.75, 3.05) is 6.61 Å². The van der Waals surface area contributed by atoms with Crippen LogP contribution >= 0.6 is 0 Å². The highest BCUT2D eigenvalue weighted by atomic mass is 19.4. The second-order valence-corrected chi connectivity index (χ2v) is 4.07. The van der Waals surface area contributed by atoms with Crippen LogP contribution in [0.15, 0.2) is 29.3 Å². The number of benzene rings is 1. The van der Waals surface area contributed by atoms with Crippen molar-refractivity contribution in [1.29, 1.82) is 0 Å². The van der Waals surface area contributed by atoms with Crippen LogP contribution in [0.25, 0.3) is 0 Å². The molecule has 0 fully saturated rings. The van der Waals surface area contributed by atoms with Crippen molar-refractivity contribution < 1.29 is 22.7 Å². The van der Waals surface area contributed by atoms with Gasteiger partial charge in [-0.3, -0.25) is 4.79 Å². The second-order valence-electron chi connectivity index (χ2n) is 4.07. The fourth-order valence-electron chi connectivity index (χ4n) is 1.52. The van der Waals surface area contributed by atoms with E-state index in [9.17, 15) is 18.0 Å². The van der Waals surface area contributed by atoms with Gasteiger partial charge in [-0.1, -0.05) is 6.92 Å². The van der Waals surface area contributed by atoms with Gasteiger partial charge in [0.2, 0.25) is 0 Å². The third-order valence-corrected chi connectivity index (χ3v) is 2.46. The number of ether oxygens (including phenoxy) is 1. The number of nitrogens with zero attached hydrogens (tertiary/aromatic N) is 1. The molecule has 1 aromatic rings. The monoisotopic (exact) mass is 287 g/mol. The van der Waals surface area contributed by atoms with Crippen molar-refractivity contribution in [3.63, 3.8) is 0 Å². The molecule has 0 spiro atoms. The molecule has 3 nitrogen and oxygen atoms in total. The van der Waals surface area contributed by atoms with E-state index in [1.54, 1.807) is 6.92 Å². The zero-order valence-corrected chi connectivity index (χ0v) is 11.3. The smallest absolute Gasteiger partial charge is 0.416 e. The summed E-state index contributed by atoms with van der Waals surface area (Å²) in [4.78, 5) is 15.6. The summed E-state index contributed by atoms with van der Waals surface area (Å²) in [6.07, 6.45) is -3.14. The Morgan fingerprint density at radius 2 is 1.80 bits per heavy atom. The van der Waals surface area contributed by atoms with Gasteiger partial charge < -0.3 is 4.74 Å². The summed E-state index contributed by atoms with van der Waals surface area (Å²) in [5.41, 5.74) is -0.692. The molecule has 20 heavy (non-hydrogen) atoms. The molecule has 1 amide bonds. The predicted molar refractivity (Wildman–Crippen MR) is 69.7 cm³/mol. The molecule has 1 aromatic carbocycles. The van der Waals surface area contributed by atoms with Crippen LogP contribution in [0.4, 0.5) is 13.2 Å². The first kappa shape index (κ1) is 16.2. The van der Waals surface area contributed by atoms with Crippen molar-refractivity contribution in [3.05, 3.63) is 35.4 Å². The van der Waals surface area contributed by atoms with Crippen LogP contribution in [0.3, 0.4) is 0 Å². The zero-order chi connectivity index (χ0) is 15.2. The Kier molecular flexibility index (Phi) is 5.73. The van der Waals surface area contributed by atoms with E-state index in [1.807, 2.05) is 6.92 Å². The highest BCUT2D eigenvalue weighted by Gasteiger charge is 2.30. The Morgan fingerprint density at radius 3 is 2.25 bits per heavy atom. The molecule has 0 radical (unpaired) electrons. The van der Waals surface area contributed by atoms with Gasteiger partial charge in [-0.25, -0.2) is 0 Å². The molecule has 0 aromatic heterocycles. The van der Waals surface area contributed by atoms with Crippen molar-refractivity contribution >= 4 is 11.8 Å². The maximum Gasteiger partial charge on any atom is 0.416 e. The van der Waals surface area contributed by atoms with E-state index in [2.05, 4.69) is 4.99 Å². The van der Waals surface area contributed by atoms with Gasteiger partial charge in [-0.15, -0.1) is 0 Å². The average Bonchev–Trinajstić information content (AvgIpc) is 2.38. The van der Waals surface area contributed by atoms with Crippen molar-refractivity contribution in [2.45, 2.75) is 32.9 Å². The lowest BCUT2D eigenvalue weighted by molar-refractivity contribution is -0.137. The predicted octanol–water partition coefficient (Wildman–Crippen LogP) is 4.08. The minimum absolute atomic E-state index is 0.103. The molecule has 0 aliphatic carbocycles. The molecule has 0 N–H and O–H groups in total. The molecule has 110 valence electrons. The minimum atomic E-state index is -4.41. The van der Waals surface area contributed by atoms with E-state index in [0.29, 0.717) is 18.9 Å². The largest absolute Gasteiger partial charge is 0.481 e. The van der Waals surface area contributed by atoms with Gasteiger partial charge in [-0.05, 0) is 37.6 Å². The maximum atomic E-state index is 12.4. The number of carbonyl (C=O) groups excluding carboxylic acids is 1. The SMILES string of the molecule is CCCC(=NC(=O)c1ccc(C(F)(F)F)cc1)OCC. The molecule has 0 aliphatic rings. The third-order valence-electron chi connectivity index (χ3n) is 2.46. The molecule has 1 rings (SSSR count). The Bertz CT molecular complexity index is 470. The number of aliphatic imine (C=N–C) groups is 1. The van der Waals surface area contributed by atoms with E-state index < -0.39 is 17.6 Å². The Hall–Kier alpha value is -1.85. The lowest BCUT2D eigenvalue weighted by Gasteiger charge is -2.07. The van der Waals surface area contributed by atoms with Crippen LogP contribution in [0.5, 0.6) is 0 Å². The topological polar surface area (TPSA) is 38.7 Å². The first-order chi connectivity index (χ1) is 9.38. The van der Waals surface area contributed by atoms with Crippen molar-refractivity contribution in [2.24, 2.45) is 4.99 Å². The summed E-state index contributed by atoms with van der Waals surface area (Å²) in [5.74, 6) is -0.296. The van der Waals surface area contributed by atoms with Gasteiger partial charge in [0, 0.05) is 12.0 Å². The fraction of sp³-hybridized carbons (Fsp3) is 0.429. The van der Waals surface area contributed by atoms with Gasteiger partial charge in [0.15, 0.2) is 5.90 Å². The quantitative estimate of drug-likeness (QED) is 0.618. The molecular weight excluding hydrogens is 271 g/mol. The Balaban J connectivity index is 2.89. The summed E-state index contributed by atoms with van der Waals surface area (Å²) < 4.78 is 42.4. The van der Waals surface area contributed by atoms with Crippen molar-refractivity contribution in [3.8, 4) is 0 Å². The number of amides is 1. The number of carbonyl (C=O) groups is 1. The van der Waals surface area contributed by atoms with E-state index in [0.717, 1.165) is 30.7 Å². The molecule has 0 unspecified atom stereocenters. The summed E-state index contributed by atoms with van der Waals surface area (Å²) in [7, 11) is 0. The van der Waals surface area contributed by atoms with Crippen LogP contribution < -0.4 is 0 Å². The normalized spacial score (nSPS) is 12.3. The molecule has 0 aliphatic heterocycles. The summed E-state index contributed by atoms with van der Waals surface area (Å²) in [5, 5.41) is 0. The Morgan fingerprint density at radius 1 is 1.20 bits per heavy atom. The van der Waals surface area contributed by atoms with Crippen LogP contribution in [0.1, 0.15) is 42.6 Å². The number of rotatable bonds is 4. The maximum absolute atomic E-state index is 12.4. The molecule has 0 bridgehead atoms. The first-order valence-corrected chi connectivity index (χ1v) is 6.30. The molecule has 0 atom stereocenters. The van der Waals surface area contributed by atoms with Gasteiger partial charge in [0.25, 0.3) is 5.91 Å². The highest BCUT2D eigenvalue weighted by molar-refractivity contribution is 6.01. The average molecular weight is 287 g/mol. The lowest BCUT2D eigenvalue weighted by Crippen LogP contribution is -2.09. The van der Waals surface area contributed by atoms with E-state index in [1.165, 1.54) is 0 Å². The van der Waals surface area contributed by atoms with Crippen LogP contribution in [-0.4, -0.2) is 18.4 Å². The van der Waals surface area contributed by atoms with Gasteiger partial charge in [0.1, 0.15) is 0 Å². The molecule has 0 saturated heterocycles. The van der Waals surface area contributed by atoms with E-state index >= 15 is 0 Å². The van der Waals surface area contributed by atoms with Crippen LogP contribution in [-0.2, 0) is 10.9 Å². The summed E-state index contributed by atoms with van der Waals surface area (Å²) >= 11 is 0.